The molecule has 0 atom stereocenters. The van der Waals surface area contributed by atoms with Gasteiger partial charge >= 0.3 is 0 Å². The fourth-order valence-corrected chi connectivity index (χ4v) is 2.95. The van der Waals surface area contributed by atoms with Crippen molar-refractivity contribution in [3.8, 4) is 0 Å². The minimum absolute atomic E-state index is 0.0991. The number of hydrogen-bond acceptors (Lipinski definition) is 7. The van der Waals surface area contributed by atoms with Crippen LogP contribution in [0.4, 0.5) is 5.82 Å². The van der Waals surface area contributed by atoms with E-state index in [2.05, 4.69) is 10.4 Å². The Balaban J connectivity index is 2.36. The standard InChI is InChI=1S/C9H11N5O4S/c10-13-7-3-6(1-2-11-7)19(17,18)14-4-8(15)12-9(16)5-14/h1-3H,4-5,10H2,(H,11,13)(H,12,15,16). The number of pyridine rings is 1. The van der Waals surface area contributed by atoms with Crippen LogP contribution in [-0.4, -0.2) is 42.6 Å². The first-order valence-electron chi connectivity index (χ1n) is 5.19. The van der Waals surface area contributed by atoms with Crippen molar-refractivity contribution < 1.29 is 18.0 Å². The summed E-state index contributed by atoms with van der Waals surface area (Å²) in [6, 6.07) is 2.47. The average molecular weight is 285 g/mol. The van der Waals surface area contributed by atoms with Gasteiger partial charge in [-0.15, -0.1) is 0 Å². The van der Waals surface area contributed by atoms with Gasteiger partial charge in [0.05, 0.1) is 18.0 Å². The van der Waals surface area contributed by atoms with Crippen LogP contribution in [0.1, 0.15) is 0 Å². The van der Waals surface area contributed by atoms with Gasteiger partial charge in [-0.25, -0.2) is 19.2 Å². The molecule has 0 radical (unpaired) electrons. The number of sulfonamides is 1. The zero-order valence-corrected chi connectivity index (χ0v) is 10.5. The molecule has 9 nitrogen and oxygen atoms in total. The van der Waals surface area contributed by atoms with E-state index in [-0.39, 0.29) is 10.7 Å². The van der Waals surface area contributed by atoms with Gasteiger partial charge in [0.15, 0.2) is 0 Å². The fraction of sp³-hybridized carbons (Fsp3) is 0.222. The summed E-state index contributed by atoms with van der Waals surface area (Å²) in [7, 11) is -3.94. The van der Waals surface area contributed by atoms with Crippen LogP contribution in [0.5, 0.6) is 0 Å². The van der Waals surface area contributed by atoms with Crippen molar-refractivity contribution in [2.75, 3.05) is 18.5 Å². The Labute approximate surface area is 108 Å². The summed E-state index contributed by atoms with van der Waals surface area (Å²) in [5, 5.41) is 2.03. The highest BCUT2D eigenvalue weighted by Gasteiger charge is 2.33. The maximum Gasteiger partial charge on any atom is 0.244 e. The molecule has 10 heteroatoms. The van der Waals surface area contributed by atoms with E-state index in [1.807, 2.05) is 5.32 Å². The lowest BCUT2D eigenvalue weighted by atomic mass is 10.4. The second-order valence-corrected chi connectivity index (χ2v) is 5.70. The van der Waals surface area contributed by atoms with Crippen LogP contribution in [0, 0.1) is 0 Å². The second-order valence-electron chi connectivity index (χ2n) is 3.77. The first-order valence-corrected chi connectivity index (χ1v) is 6.63. The van der Waals surface area contributed by atoms with E-state index in [0.29, 0.717) is 0 Å². The fourth-order valence-electron chi connectivity index (χ4n) is 1.58. The number of hydrogen-bond donors (Lipinski definition) is 3. The summed E-state index contributed by atoms with van der Waals surface area (Å²) in [6.45, 7) is -0.802. The molecule has 1 aliphatic heterocycles. The van der Waals surface area contributed by atoms with Crippen molar-refractivity contribution >= 4 is 27.7 Å². The number of aromatic nitrogens is 1. The van der Waals surface area contributed by atoms with Crippen LogP contribution in [0.25, 0.3) is 0 Å². The van der Waals surface area contributed by atoms with E-state index in [4.69, 9.17) is 5.84 Å². The van der Waals surface area contributed by atoms with Gasteiger partial charge < -0.3 is 5.43 Å². The molecule has 102 valence electrons. The summed E-state index contributed by atoms with van der Waals surface area (Å²) in [4.78, 5) is 26.1. The third-order valence-corrected chi connectivity index (χ3v) is 4.22. The number of imide groups is 1. The van der Waals surface area contributed by atoms with Crippen molar-refractivity contribution in [1.29, 1.82) is 0 Å². The van der Waals surface area contributed by atoms with Gasteiger partial charge in [0.25, 0.3) is 0 Å². The maximum absolute atomic E-state index is 12.2. The van der Waals surface area contributed by atoms with Crippen LogP contribution in [0.3, 0.4) is 0 Å². The normalized spacial score (nSPS) is 17.1. The van der Waals surface area contributed by atoms with E-state index < -0.39 is 34.9 Å². The number of nitrogen functional groups attached to an aromatic ring is 1. The zero-order valence-electron chi connectivity index (χ0n) is 9.66. The second kappa shape index (κ2) is 4.91. The van der Waals surface area contributed by atoms with Crippen molar-refractivity contribution in [3.63, 3.8) is 0 Å². The van der Waals surface area contributed by atoms with Gasteiger partial charge in [-0.05, 0) is 6.07 Å². The first-order chi connectivity index (χ1) is 8.93. The Bertz CT molecular complexity index is 613. The topological polar surface area (TPSA) is 134 Å². The predicted molar refractivity (Wildman–Crippen MR) is 64.0 cm³/mol. The summed E-state index contributed by atoms with van der Waals surface area (Å²) in [6.07, 6.45) is 1.26. The number of nitrogens with two attached hydrogens (primary N) is 1. The van der Waals surface area contributed by atoms with Crippen molar-refractivity contribution in [1.82, 2.24) is 14.6 Å². The van der Waals surface area contributed by atoms with Crippen molar-refractivity contribution in [3.05, 3.63) is 18.3 Å². The molecule has 1 aliphatic rings. The number of nitrogens with one attached hydrogen (secondary N) is 2. The predicted octanol–water partition coefficient (Wildman–Crippen LogP) is -1.99. The number of piperazine rings is 1. The molecule has 1 saturated heterocycles. The van der Waals surface area contributed by atoms with Crippen LogP contribution in [0.15, 0.2) is 23.2 Å². The minimum atomic E-state index is -3.94. The van der Waals surface area contributed by atoms with Gasteiger partial charge in [-0.2, -0.15) is 4.31 Å². The number of amides is 2. The molecular formula is C9H11N5O4S. The van der Waals surface area contributed by atoms with Crippen LogP contribution in [-0.2, 0) is 19.6 Å². The van der Waals surface area contributed by atoms with Gasteiger partial charge in [0, 0.05) is 12.3 Å². The highest BCUT2D eigenvalue weighted by molar-refractivity contribution is 7.89. The first kappa shape index (κ1) is 13.4. The highest BCUT2D eigenvalue weighted by atomic mass is 32.2. The Kier molecular flexibility index (Phi) is 3.46. The molecule has 0 saturated carbocycles. The summed E-state index contributed by atoms with van der Waals surface area (Å²) in [5.74, 6) is 3.98. The molecular weight excluding hydrogens is 274 g/mol. The number of anilines is 1. The lowest BCUT2D eigenvalue weighted by Crippen LogP contribution is -2.53. The number of hydrazine groups is 1. The summed E-state index contributed by atoms with van der Waals surface area (Å²) in [5.41, 5.74) is 2.22. The molecule has 2 heterocycles. The third kappa shape index (κ3) is 2.70. The van der Waals surface area contributed by atoms with Gasteiger partial charge in [-0.1, -0.05) is 0 Å². The quantitative estimate of drug-likeness (QED) is 0.332. The van der Waals surface area contributed by atoms with E-state index in [9.17, 15) is 18.0 Å². The monoisotopic (exact) mass is 285 g/mol. The molecule has 1 fully saturated rings. The molecule has 0 bridgehead atoms. The molecule has 0 spiro atoms. The number of rotatable bonds is 3. The smallest absolute Gasteiger partial charge is 0.244 e. The lowest BCUT2D eigenvalue weighted by molar-refractivity contribution is -0.134. The average Bonchev–Trinajstić information content (AvgIpc) is 2.37. The lowest BCUT2D eigenvalue weighted by Gasteiger charge is -2.24. The van der Waals surface area contributed by atoms with E-state index >= 15 is 0 Å². The molecule has 4 N–H and O–H groups in total. The van der Waals surface area contributed by atoms with Crippen molar-refractivity contribution in [2.45, 2.75) is 4.90 Å². The molecule has 1 aromatic heterocycles. The SMILES string of the molecule is NNc1cc(S(=O)(=O)N2CC(=O)NC(=O)C2)ccn1. The molecule has 0 aromatic carbocycles. The largest absolute Gasteiger partial charge is 0.308 e. The highest BCUT2D eigenvalue weighted by Crippen LogP contribution is 2.18. The molecule has 0 aliphatic carbocycles. The Morgan fingerprint density at radius 2 is 1.95 bits per heavy atom. The van der Waals surface area contributed by atoms with Gasteiger partial charge in [0.2, 0.25) is 21.8 Å². The van der Waals surface area contributed by atoms with E-state index in [1.54, 1.807) is 0 Å². The van der Waals surface area contributed by atoms with Crippen LogP contribution < -0.4 is 16.6 Å². The van der Waals surface area contributed by atoms with E-state index in [1.165, 1.54) is 18.3 Å². The molecule has 1 aromatic rings. The third-order valence-electron chi connectivity index (χ3n) is 2.44. The van der Waals surface area contributed by atoms with Gasteiger partial charge in [-0.3, -0.25) is 14.9 Å². The van der Waals surface area contributed by atoms with Crippen LogP contribution >= 0.6 is 0 Å². The number of nitrogens with zero attached hydrogens (tertiary/aromatic N) is 2. The molecule has 0 unspecified atom stereocenters. The van der Waals surface area contributed by atoms with Crippen LogP contribution in [0.2, 0.25) is 0 Å². The summed E-state index contributed by atoms with van der Waals surface area (Å²) >= 11 is 0. The number of carbonyl (C=O) groups excluding carboxylic acids is 2. The zero-order chi connectivity index (χ0) is 14.0. The minimum Gasteiger partial charge on any atom is -0.308 e. The molecule has 2 amide bonds. The Morgan fingerprint density at radius 3 is 2.53 bits per heavy atom. The van der Waals surface area contributed by atoms with E-state index in [0.717, 1.165) is 4.31 Å². The number of carbonyl (C=O) groups is 2. The summed E-state index contributed by atoms with van der Waals surface area (Å²) < 4.78 is 25.3. The molecule has 2 rings (SSSR count). The Morgan fingerprint density at radius 1 is 1.32 bits per heavy atom. The van der Waals surface area contributed by atoms with Crippen molar-refractivity contribution in [2.24, 2.45) is 5.84 Å². The molecule has 19 heavy (non-hydrogen) atoms. The van der Waals surface area contributed by atoms with Gasteiger partial charge in [0.1, 0.15) is 5.82 Å². The Hall–Kier alpha value is -2.04. The maximum atomic E-state index is 12.2.